The van der Waals surface area contributed by atoms with E-state index in [-0.39, 0.29) is 17.7 Å². The van der Waals surface area contributed by atoms with Crippen LogP contribution in [0.2, 0.25) is 0 Å². The highest BCUT2D eigenvalue weighted by molar-refractivity contribution is 5.97. The third-order valence-electron chi connectivity index (χ3n) is 5.67. The number of carbonyl (C=O) groups excluding carboxylic acids is 2. The zero-order valence-electron chi connectivity index (χ0n) is 18.0. The summed E-state index contributed by atoms with van der Waals surface area (Å²) in [5.74, 6) is -1.90. The maximum absolute atomic E-state index is 13.5. The third kappa shape index (κ3) is 5.94. The number of imidazole rings is 1. The number of amides is 2. The lowest BCUT2D eigenvalue weighted by molar-refractivity contribution is -0.116. The summed E-state index contributed by atoms with van der Waals surface area (Å²) in [6, 6.07) is 10.7. The van der Waals surface area contributed by atoms with Crippen molar-refractivity contribution >= 4 is 23.2 Å². The highest BCUT2D eigenvalue weighted by Crippen LogP contribution is 2.25. The first-order valence-electron chi connectivity index (χ1n) is 10.8. The molecule has 33 heavy (non-hydrogen) atoms. The number of rotatable bonds is 8. The number of carbonyl (C=O) groups is 2. The number of halogens is 2. The molecule has 7 nitrogen and oxygen atoms in total. The van der Waals surface area contributed by atoms with Crippen molar-refractivity contribution in [2.24, 2.45) is 5.92 Å². The fourth-order valence-corrected chi connectivity index (χ4v) is 3.87. The van der Waals surface area contributed by atoms with E-state index in [1.807, 2.05) is 9.47 Å². The standard InChI is InChI=1S/C24H25F2N5O2/c25-21-5-4-20(13-22(21)26)31-10-6-17(15-31)14-28-24(33)18-2-1-3-19(12-18)29-23(32)7-9-30-11-8-27-16-30/h1-5,8,11-13,16-17H,6-7,9-10,14-15H2,(H,28,33)(H,29,32). The van der Waals surface area contributed by atoms with Gasteiger partial charge in [-0.25, -0.2) is 13.8 Å². The van der Waals surface area contributed by atoms with Crippen molar-refractivity contribution in [3.63, 3.8) is 0 Å². The Balaban J connectivity index is 1.25. The Morgan fingerprint density at radius 3 is 2.79 bits per heavy atom. The smallest absolute Gasteiger partial charge is 0.251 e. The fraction of sp³-hybridized carbons (Fsp3) is 0.292. The van der Waals surface area contributed by atoms with Gasteiger partial charge in [0.1, 0.15) is 0 Å². The first-order valence-corrected chi connectivity index (χ1v) is 10.8. The van der Waals surface area contributed by atoms with Crippen molar-refractivity contribution in [1.82, 2.24) is 14.9 Å². The lowest BCUT2D eigenvalue weighted by Crippen LogP contribution is -2.31. The predicted octanol–water partition coefficient (Wildman–Crippen LogP) is 3.45. The molecule has 2 heterocycles. The van der Waals surface area contributed by atoms with Crippen LogP contribution in [0.1, 0.15) is 23.2 Å². The van der Waals surface area contributed by atoms with E-state index >= 15 is 0 Å². The summed E-state index contributed by atoms with van der Waals surface area (Å²) in [7, 11) is 0. The third-order valence-corrected chi connectivity index (χ3v) is 5.67. The highest BCUT2D eigenvalue weighted by atomic mass is 19.2. The van der Waals surface area contributed by atoms with E-state index in [0.717, 1.165) is 12.5 Å². The van der Waals surface area contributed by atoms with Crippen LogP contribution in [-0.4, -0.2) is 41.0 Å². The monoisotopic (exact) mass is 453 g/mol. The Morgan fingerprint density at radius 2 is 2.00 bits per heavy atom. The molecule has 2 N–H and O–H groups in total. The zero-order chi connectivity index (χ0) is 23.2. The molecule has 0 radical (unpaired) electrons. The molecule has 1 unspecified atom stereocenters. The molecule has 0 aliphatic carbocycles. The van der Waals surface area contributed by atoms with Crippen molar-refractivity contribution in [3.05, 3.63) is 78.4 Å². The highest BCUT2D eigenvalue weighted by Gasteiger charge is 2.24. The zero-order valence-corrected chi connectivity index (χ0v) is 18.0. The van der Waals surface area contributed by atoms with Crippen LogP contribution < -0.4 is 15.5 Å². The molecule has 4 rings (SSSR count). The van der Waals surface area contributed by atoms with Gasteiger partial charge in [-0.3, -0.25) is 9.59 Å². The molecule has 2 aromatic carbocycles. The van der Waals surface area contributed by atoms with Crippen LogP contribution in [0.4, 0.5) is 20.2 Å². The molecule has 3 aromatic rings. The molecular formula is C24H25F2N5O2. The van der Waals surface area contributed by atoms with Crippen LogP contribution in [0.15, 0.2) is 61.2 Å². The SMILES string of the molecule is O=C(CCn1ccnc1)Nc1cccc(C(=O)NCC2CCN(c3ccc(F)c(F)c3)C2)c1. The second-order valence-corrected chi connectivity index (χ2v) is 8.09. The summed E-state index contributed by atoms with van der Waals surface area (Å²) >= 11 is 0. The van der Waals surface area contributed by atoms with Gasteiger partial charge in [0.2, 0.25) is 5.91 Å². The number of hydrogen-bond donors (Lipinski definition) is 2. The van der Waals surface area contributed by atoms with Gasteiger partial charge in [-0.15, -0.1) is 0 Å². The summed E-state index contributed by atoms with van der Waals surface area (Å²) in [6.45, 7) is 2.36. The fourth-order valence-electron chi connectivity index (χ4n) is 3.87. The second-order valence-electron chi connectivity index (χ2n) is 8.09. The number of nitrogens with one attached hydrogen (secondary N) is 2. The van der Waals surface area contributed by atoms with Gasteiger partial charge >= 0.3 is 0 Å². The van der Waals surface area contributed by atoms with Crippen LogP contribution >= 0.6 is 0 Å². The first kappa shape index (κ1) is 22.4. The summed E-state index contributed by atoms with van der Waals surface area (Å²) in [5, 5.41) is 5.75. The molecule has 1 aliphatic rings. The molecule has 2 amide bonds. The van der Waals surface area contributed by atoms with Gasteiger partial charge in [-0.2, -0.15) is 0 Å². The van der Waals surface area contributed by atoms with E-state index in [4.69, 9.17) is 0 Å². The quantitative estimate of drug-likeness (QED) is 0.548. The van der Waals surface area contributed by atoms with Crippen molar-refractivity contribution in [2.45, 2.75) is 19.4 Å². The predicted molar refractivity (Wildman–Crippen MR) is 121 cm³/mol. The van der Waals surface area contributed by atoms with Crippen molar-refractivity contribution in [3.8, 4) is 0 Å². The van der Waals surface area contributed by atoms with E-state index in [0.29, 0.717) is 49.5 Å². The minimum absolute atomic E-state index is 0.149. The van der Waals surface area contributed by atoms with Gasteiger partial charge in [0.15, 0.2) is 11.6 Å². The lowest BCUT2D eigenvalue weighted by Gasteiger charge is -2.19. The Morgan fingerprint density at radius 1 is 1.12 bits per heavy atom. The maximum Gasteiger partial charge on any atom is 0.251 e. The minimum Gasteiger partial charge on any atom is -0.371 e. The molecule has 1 fully saturated rings. The minimum atomic E-state index is -0.863. The van der Waals surface area contributed by atoms with Gasteiger partial charge < -0.3 is 20.1 Å². The van der Waals surface area contributed by atoms with Gasteiger partial charge in [0.05, 0.1) is 6.33 Å². The summed E-state index contributed by atoms with van der Waals surface area (Å²) in [6.07, 6.45) is 6.24. The number of nitrogens with zero attached hydrogens (tertiary/aromatic N) is 3. The molecule has 0 bridgehead atoms. The molecule has 9 heteroatoms. The van der Waals surface area contributed by atoms with Gasteiger partial charge in [0.25, 0.3) is 5.91 Å². The number of benzene rings is 2. The average Bonchev–Trinajstić information content (AvgIpc) is 3.50. The second kappa shape index (κ2) is 10.2. The molecule has 0 saturated carbocycles. The summed E-state index contributed by atoms with van der Waals surface area (Å²) in [4.78, 5) is 30.7. The maximum atomic E-state index is 13.5. The van der Waals surface area contributed by atoms with Crippen molar-refractivity contribution in [1.29, 1.82) is 0 Å². The number of aryl methyl sites for hydroxylation is 1. The van der Waals surface area contributed by atoms with Crippen molar-refractivity contribution in [2.75, 3.05) is 29.9 Å². The van der Waals surface area contributed by atoms with Gasteiger partial charge in [-0.05, 0) is 42.7 Å². The first-order chi connectivity index (χ1) is 16.0. The topological polar surface area (TPSA) is 79.3 Å². The lowest BCUT2D eigenvalue weighted by atomic mass is 10.1. The van der Waals surface area contributed by atoms with Crippen LogP contribution in [0.25, 0.3) is 0 Å². The van der Waals surface area contributed by atoms with E-state index < -0.39 is 11.6 Å². The molecule has 0 spiro atoms. The average molecular weight is 453 g/mol. The van der Waals surface area contributed by atoms with Gasteiger partial charge in [0, 0.05) is 68.0 Å². The Kier molecular flexibility index (Phi) is 6.97. The Hall–Kier alpha value is -3.75. The largest absolute Gasteiger partial charge is 0.371 e. The molecule has 1 aromatic heterocycles. The molecule has 172 valence electrons. The number of aromatic nitrogens is 2. The summed E-state index contributed by atoms with van der Waals surface area (Å²) < 4.78 is 28.5. The van der Waals surface area contributed by atoms with Crippen LogP contribution in [0.5, 0.6) is 0 Å². The van der Waals surface area contributed by atoms with E-state index in [9.17, 15) is 18.4 Å². The van der Waals surface area contributed by atoms with Gasteiger partial charge in [-0.1, -0.05) is 6.07 Å². The Bertz CT molecular complexity index is 1120. The van der Waals surface area contributed by atoms with Crippen LogP contribution in [0.3, 0.4) is 0 Å². The van der Waals surface area contributed by atoms with Crippen molar-refractivity contribution < 1.29 is 18.4 Å². The molecular weight excluding hydrogens is 428 g/mol. The molecule has 1 aliphatic heterocycles. The molecule has 1 saturated heterocycles. The van der Waals surface area contributed by atoms with E-state index in [2.05, 4.69) is 15.6 Å². The number of anilines is 2. The summed E-state index contributed by atoms with van der Waals surface area (Å²) in [5.41, 5.74) is 1.65. The van der Waals surface area contributed by atoms with E-state index in [1.165, 1.54) is 6.07 Å². The van der Waals surface area contributed by atoms with Crippen LogP contribution in [0, 0.1) is 17.6 Å². The number of hydrogen-bond acceptors (Lipinski definition) is 4. The molecule has 1 atom stereocenters. The Labute approximate surface area is 190 Å². The van der Waals surface area contributed by atoms with Crippen LogP contribution in [-0.2, 0) is 11.3 Å². The normalized spacial score (nSPS) is 15.5. The van der Waals surface area contributed by atoms with E-state index in [1.54, 1.807) is 49.1 Å².